The normalized spacial score (nSPS) is 10.6. The maximum atomic E-state index is 11.3. The van der Waals surface area contributed by atoms with E-state index in [-0.39, 0.29) is 10.8 Å². The Hall–Kier alpha value is -1.80. The van der Waals surface area contributed by atoms with Gasteiger partial charge in [-0.05, 0) is 24.3 Å². The Labute approximate surface area is 115 Å². The van der Waals surface area contributed by atoms with Gasteiger partial charge in [-0.3, -0.25) is 10.2 Å². The number of carbonyl (C=O) groups excluding carboxylic acids is 2. The molecule has 1 rings (SSSR count). The fourth-order valence-corrected chi connectivity index (χ4v) is 1.80. The highest BCUT2D eigenvalue weighted by Crippen LogP contribution is 2.13. The van der Waals surface area contributed by atoms with Crippen molar-refractivity contribution in [1.82, 2.24) is 10.9 Å². The maximum Gasteiger partial charge on any atom is 0.337 e. The number of hydrogen-bond donors (Lipinski definition) is 3. The van der Waals surface area contributed by atoms with Crippen molar-refractivity contribution in [1.29, 1.82) is 0 Å². The number of amides is 3. The predicted octanol–water partition coefficient (Wildman–Crippen LogP) is 0.482. The minimum absolute atomic E-state index is 0.147. The minimum Gasteiger partial charge on any atom is -0.307 e. The average molecular weight is 306 g/mol. The van der Waals surface area contributed by atoms with E-state index in [0.717, 1.165) is 6.26 Å². The molecule has 0 atom stereocenters. The number of sulfone groups is 1. The summed E-state index contributed by atoms with van der Waals surface area (Å²) in [4.78, 5) is 22.2. The summed E-state index contributed by atoms with van der Waals surface area (Å²) >= 11 is 5.22. The Morgan fingerprint density at radius 3 is 2.21 bits per heavy atom. The topological polar surface area (TPSA) is 104 Å². The number of halogens is 1. The van der Waals surface area contributed by atoms with Gasteiger partial charge in [-0.15, -0.1) is 11.6 Å². The Morgan fingerprint density at radius 1 is 1.16 bits per heavy atom. The molecule has 0 aliphatic heterocycles. The summed E-state index contributed by atoms with van der Waals surface area (Å²) in [6.07, 6.45) is 1.09. The molecule has 104 valence electrons. The van der Waals surface area contributed by atoms with Crippen molar-refractivity contribution >= 4 is 39.1 Å². The molecule has 0 fully saturated rings. The summed E-state index contributed by atoms with van der Waals surface area (Å²) in [5.41, 5.74) is 4.51. The molecule has 3 amide bonds. The van der Waals surface area contributed by atoms with Crippen LogP contribution < -0.4 is 16.2 Å². The molecule has 9 heteroatoms. The number of rotatable bonds is 3. The van der Waals surface area contributed by atoms with Crippen LogP contribution in [0.25, 0.3) is 0 Å². The maximum absolute atomic E-state index is 11.3. The molecule has 0 spiro atoms. The third-order valence-corrected chi connectivity index (χ3v) is 3.35. The van der Waals surface area contributed by atoms with Crippen molar-refractivity contribution in [3.8, 4) is 0 Å². The smallest absolute Gasteiger partial charge is 0.307 e. The lowest BCUT2D eigenvalue weighted by Crippen LogP contribution is -2.44. The lowest BCUT2D eigenvalue weighted by Gasteiger charge is -2.08. The Bertz CT molecular complexity index is 571. The molecule has 0 aromatic heterocycles. The fourth-order valence-electron chi connectivity index (χ4n) is 1.11. The molecule has 7 nitrogen and oxygen atoms in total. The van der Waals surface area contributed by atoms with Crippen molar-refractivity contribution in [3.05, 3.63) is 24.3 Å². The van der Waals surface area contributed by atoms with E-state index in [4.69, 9.17) is 11.6 Å². The average Bonchev–Trinajstić information content (AvgIpc) is 2.35. The number of hydrazine groups is 1. The number of hydrogen-bond acceptors (Lipinski definition) is 4. The summed E-state index contributed by atoms with van der Waals surface area (Å²) in [5.74, 6) is -0.826. The molecular formula is C10H12ClN3O4S. The molecule has 0 radical (unpaired) electrons. The number of anilines is 1. The van der Waals surface area contributed by atoms with Gasteiger partial charge in [0, 0.05) is 11.9 Å². The van der Waals surface area contributed by atoms with Crippen LogP contribution in [0, 0.1) is 0 Å². The van der Waals surface area contributed by atoms with E-state index in [1.807, 2.05) is 0 Å². The van der Waals surface area contributed by atoms with Gasteiger partial charge in [-0.25, -0.2) is 18.6 Å². The van der Waals surface area contributed by atoms with Crippen LogP contribution in [0.4, 0.5) is 10.5 Å². The molecule has 0 bridgehead atoms. The zero-order valence-corrected chi connectivity index (χ0v) is 11.5. The molecule has 0 aliphatic rings. The largest absolute Gasteiger partial charge is 0.337 e. The highest BCUT2D eigenvalue weighted by molar-refractivity contribution is 7.90. The van der Waals surface area contributed by atoms with Crippen molar-refractivity contribution in [2.75, 3.05) is 17.5 Å². The lowest BCUT2D eigenvalue weighted by atomic mass is 10.3. The molecule has 1 aromatic carbocycles. The van der Waals surface area contributed by atoms with Crippen LogP contribution in [0.15, 0.2) is 29.2 Å². The van der Waals surface area contributed by atoms with Crippen LogP contribution in [0.1, 0.15) is 0 Å². The van der Waals surface area contributed by atoms with Gasteiger partial charge in [0.05, 0.1) is 4.90 Å². The monoisotopic (exact) mass is 305 g/mol. The second-order valence-electron chi connectivity index (χ2n) is 3.56. The summed E-state index contributed by atoms with van der Waals surface area (Å²) in [6.45, 7) is 0. The van der Waals surface area contributed by atoms with E-state index in [9.17, 15) is 18.0 Å². The van der Waals surface area contributed by atoms with Gasteiger partial charge in [-0.2, -0.15) is 0 Å². The molecule has 0 heterocycles. The third kappa shape index (κ3) is 5.14. The highest BCUT2D eigenvalue weighted by Gasteiger charge is 2.07. The number of carbonyl (C=O) groups is 2. The van der Waals surface area contributed by atoms with Gasteiger partial charge in [0.25, 0.3) is 5.91 Å². The summed E-state index contributed by atoms with van der Waals surface area (Å²) in [6, 6.07) is 4.91. The summed E-state index contributed by atoms with van der Waals surface area (Å²) in [7, 11) is -3.27. The van der Waals surface area contributed by atoms with Crippen LogP contribution in [0.2, 0.25) is 0 Å². The first-order chi connectivity index (χ1) is 8.82. The van der Waals surface area contributed by atoms with Crippen LogP contribution in [0.3, 0.4) is 0 Å². The zero-order chi connectivity index (χ0) is 14.5. The Kier molecular flexibility index (Phi) is 5.13. The molecule has 3 N–H and O–H groups in total. The van der Waals surface area contributed by atoms with Gasteiger partial charge in [0.15, 0.2) is 9.84 Å². The first-order valence-electron chi connectivity index (χ1n) is 5.05. The second kappa shape index (κ2) is 6.39. The van der Waals surface area contributed by atoms with E-state index in [0.29, 0.717) is 5.69 Å². The van der Waals surface area contributed by atoms with E-state index in [1.165, 1.54) is 24.3 Å². The Morgan fingerprint density at radius 2 is 1.74 bits per heavy atom. The predicted molar refractivity (Wildman–Crippen MR) is 70.6 cm³/mol. The quantitative estimate of drug-likeness (QED) is 0.558. The fraction of sp³-hybridized carbons (Fsp3) is 0.200. The van der Waals surface area contributed by atoms with Gasteiger partial charge in [0.1, 0.15) is 5.88 Å². The number of urea groups is 1. The SMILES string of the molecule is CS(=O)(=O)c1ccc(NC(=O)NNC(=O)CCl)cc1. The van der Waals surface area contributed by atoms with Crippen LogP contribution in [-0.4, -0.2) is 32.5 Å². The molecule has 1 aromatic rings. The third-order valence-electron chi connectivity index (χ3n) is 1.98. The van der Waals surface area contributed by atoms with Crippen molar-refractivity contribution < 1.29 is 18.0 Å². The highest BCUT2D eigenvalue weighted by atomic mass is 35.5. The van der Waals surface area contributed by atoms with E-state index in [1.54, 1.807) is 0 Å². The molecule has 0 aliphatic carbocycles. The van der Waals surface area contributed by atoms with Crippen molar-refractivity contribution in [2.45, 2.75) is 4.90 Å². The number of nitrogens with one attached hydrogen (secondary N) is 3. The second-order valence-corrected chi connectivity index (χ2v) is 5.84. The van der Waals surface area contributed by atoms with E-state index >= 15 is 0 Å². The molecule has 0 saturated heterocycles. The number of benzene rings is 1. The van der Waals surface area contributed by atoms with Gasteiger partial charge < -0.3 is 5.32 Å². The van der Waals surface area contributed by atoms with E-state index < -0.39 is 21.8 Å². The molecular weight excluding hydrogens is 294 g/mol. The van der Waals surface area contributed by atoms with Gasteiger partial charge in [0.2, 0.25) is 0 Å². The molecule has 0 saturated carbocycles. The number of alkyl halides is 1. The van der Waals surface area contributed by atoms with Crippen LogP contribution in [0.5, 0.6) is 0 Å². The van der Waals surface area contributed by atoms with Crippen LogP contribution >= 0.6 is 11.6 Å². The standard InChI is InChI=1S/C10H12ClN3O4S/c1-19(17,18)8-4-2-7(3-5-8)12-10(16)14-13-9(15)6-11/h2-5H,6H2,1H3,(H,13,15)(H2,12,14,16). The van der Waals surface area contributed by atoms with Crippen LogP contribution in [-0.2, 0) is 14.6 Å². The zero-order valence-electron chi connectivity index (χ0n) is 9.94. The van der Waals surface area contributed by atoms with E-state index in [2.05, 4.69) is 16.2 Å². The summed E-state index contributed by atoms with van der Waals surface area (Å²) in [5, 5.41) is 2.40. The Balaban J connectivity index is 2.59. The van der Waals surface area contributed by atoms with Gasteiger partial charge in [-0.1, -0.05) is 0 Å². The van der Waals surface area contributed by atoms with Crippen molar-refractivity contribution in [3.63, 3.8) is 0 Å². The van der Waals surface area contributed by atoms with Gasteiger partial charge >= 0.3 is 6.03 Å². The summed E-state index contributed by atoms with van der Waals surface area (Å²) < 4.78 is 22.4. The first kappa shape index (κ1) is 15.3. The minimum atomic E-state index is -3.27. The molecule has 19 heavy (non-hydrogen) atoms. The molecule has 0 unspecified atom stereocenters. The first-order valence-corrected chi connectivity index (χ1v) is 7.47. The lowest BCUT2D eigenvalue weighted by molar-refractivity contribution is -0.119. The van der Waals surface area contributed by atoms with Crippen molar-refractivity contribution in [2.24, 2.45) is 0 Å².